The summed E-state index contributed by atoms with van der Waals surface area (Å²) in [5, 5.41) is 6.76. The van der Waals surface area contributed by atoms with Crippen molar-refractivity contribution in [2.24, 2.45) is 0 Å². The molecule has 1 heterocycles. The third kappa shape index (κ3) is 4.42. The smallest absolute Gasteiger partial charge is 0.305 e. The average Bonchev–Trinajstić information content (AvgIpc) is 2.94. The fourth-order valence-electron chi connectivity index (χ4n) is 2.19. The summed E-state index contributed by atoms with van der Waals surface area (Å²) in [5.41, 5.74) is 1.76. The first-order chi connectivity index (χ1) is 11.1. The molecule has 0 saturated heterocycles. The first kappa shape index (κ1) is 16.7. The molecular formula is C17H20N2O4. The van der Waals surface area contributed by atoms with Crippen molar-refractivity contribution in [2.75, 3.05) is 13.2 Å². The quantitative estimate of drug-likeness (QED) is 0.627. The van der Waals surface area contributed by atoms with Gasteiger partial charge < -0.3 is 14.6 Å². The lowest BCUT2D eigenvalue weighted by Crippen LogP contribution is -2.25. The van der Waals surface area contributed by atoms with Gasteiger partial charge >= 0.3 is 5.97 Å². The van der Waals surface area contributed by atoms with Crippen LogP contribution in [0.4, 0.5) is 0 Å². The average molecular weight is 316 g/mol. The van der Waals surface area contributed by atoms with Crippen molar-refractivity contribution in [2.45, 2.75) is 26.7 Å². The van der Waals surface area contributed by atoms with E-state index in [1.165, 1.54) is 0 Å². The Bertz CT molecular complexity index is 664. The van der Waals surface area contributed by atoms with E-state index in [1.54, 1.807) is 13.8 Å². The van der Waals surface area contributed by atoms with Gasteiger partial charge in [0, 0.05) is 18.5 Å². The Kier molecular flexibility index (Phi) is 5.91. The van der Waals surface area contributed by atoms with Gasteiger partial charge in [0.2, 0.25) is 0 Å². The predicted molar refractivity (Wildman–Crippen MR) is 84.9 cm³/mol. The van der Waals surface area contributed by atoms with Crippen molar-refractivity contribution in [3.05, 3.63) is 41.7 Å². The number of amides is 1. The number of hydrogen-bond acceptors (Lipinski definition) is 5. The molecule has 0 radical (unpaired) electrons. The van der Waals surface area contributed by atoms with Crippen LogP contribution in [0.3, 0.4) is 0 Å². The number of aryl methyl sites for hydroxylation is 1. The highest BCUT2D eigenvalue weighted by molar-refractivity contribution is 6.00. The number of carbonyl (C=O) groups is 2. The van der Waals surface area contributed by atoms with E-state index in [0.717, 1.165) is 5.56 Å². The summed E-state index contributed by atoms with van der Waals surface area (Å²) in [6, 6.07) is 9.38. The van der Waals surface area contributed by atoms with Gasteiger partial charge in [-0.15, -0.1) is 0 Å². The maximum atomic E-state index is 12.4. The highest BCUT2D eigenvalue weighted by Crippen LogP contribution is 2.24. The van der Waals surface area contributed by atoms with Crippen LogP contribution in [0.2, 0.25) is 0 Å². The molecule has 0 atom stereocenters. The first-order valence-corrected chi connectivity index (χ1v) is 7.59. The lowest BCUT2D eigenvalue weighted by Gasteiger charge is -2.06. The molecule has 0 spiro atoms. The second-order valence-electron chi connectivity index (χ2n) is 4.99. The Balaban J connectivity index is 1.98. The molecule has 0 fully saturated rings. The molecule has 6 heteroatoms. The van der Waals surface area contributed by atoms with Gasteiger partial charge in [-0.1, -0.05) is 35.5 Å². The van der Waals surface area contributed by atoms with Gasteiger partial charge in [-0.05, 0) is 20.3 Å². The summed E-state index contributed by atoms with van der Waals surface area (Å²) in [4.78, 5) is 23.6. The lowest BCUT2D eigenvalue weighted by atomic mass is 10.1. The summed E-state index contributed by atoms with van der Waals surface area (Å²) >= 11 is 0. The van der Waals surface area contributed by atoms with Crippen LogP contribution in [-0.2, 0) is 9.53 Å². The van der Waals surface area contributed by atoms with Crippen LogP contribution in [0.5, 0.6) is 0 Å². The monoisotopic (exact) mass is 316 g/mol. The molecule has 0 bridgehead atoms. The van der Waals surface area contributed by atoms with E-state index in [4.69, 9.17) is 9.26 Å². The van der Waals surface area contributed by atoms with Crippen molar-refractivity contribution in [3.8, 4) is 11.3 Å². The van der Waals surface area contributed by atoms with Crippen LogP contribution in [0.1, 0.15) is 35.9 Å². The maximum absolute atomic E-state index is 12.4. The number of aromatic nitrogens is 1. The topological polar surface area (TPSA) is 81.4 Å². The van der Waals surface area contributed by atoms with E-state index in [-0.39, 0.29) is 18.3 Å². The van der Waals surface area contributed by atoms with Gasteiger partial charge in [-0.2, -0.15) is 0 Å². The molecule has 0 unspecified atom stereocenters. The van der Waals surface area contributed by atoms with E-state index in [2.05, 4.69) is 10.5 Å². The summed E-state index contributed by atoms with van der Waals surface area (Å²) in [6.07, 6.45) is 0.803. The van der Waals surface area contributed by atoms with Crippen molar-refractivity contribution >= 4 is 11.9 Å². The number of esters is 1. The van der Waals surface area contributed by atoms with Gasteiger partial charge in [0.1, 0.15) is 17.0 Å². The SMILES string of the molecule is CCOC(=O)CCCNC(=O)c1c(-c2ccccc2)noc1C. The third-order valence-electron chi connectivity index (χ3n) is 3.29. The summed E-state index contributed by atoms with van der Waals surface area (Å²) in [7, 11) is 0. The fraction of sp³-hybridized carbons (Fsp3) is 0.353. The van der Waals surface area contributed by atoms with Gasteiger partial charge in [-0.25, -0.2) is 0 Å². The first-order valence-electron chi connectivity index (χ1n) is 7.59. The normalized spacial score (nSPS) is 10.3. The van der Waals surface area contributed by atoms with Crippen LogP contribution < -0.4 is 5.32 Å². The zero-order valence-electron chi connectivity index (χ0n) is 13.3. The van der Waals surface area contributed by atoms with Crippen molar-refractivity contribution in [1.29, 1.82) is 0 Å². The van der Waals surface area contributed by atoms with Gasteiger partial charge in [0.15, 0.2) is 0 Å². The standard InChI is InChI=1S/C17H20N2O4/c1-3-22-14(20)10-7-11-18-17(21)15-12(2)23-19-16(15)13-8-5-4-6-9-13/h4-6,8-9H,3,7,10-11H2,1-2H3,(H,18,21). The zero-order valence-corrected chi connectivity index (χ0v) is 13.3. The van der Waals surface area contributed by atoms with Gasteiger partial charge in [0.25, 0.3) is 5.91 Å². The van der Waals surface area contributed by atoms with E-state index in [1.807, 2.05) is 30.3 Å². The van der Waals surface area contributed by atoms with Gasteiger partial charge in [0.05, 0.1) is 6.61 Å². The van der Waals surface area contributed by atoms with Crippen LogP contribution in [-0.4, -0.2) is 30.2 Å². The molecule has 0 aliphatic heterocycles. The van der Waals surface area contributed by atoms with Crippen molar-refractivity contribution < 1.29 is 18.8 Å². The Morgan fingerprint density at radius 3 is 2.70 bits per heavy atom. The minimum atomic E-state index is -0.258. The van der Waals surface area contributed by atoms with Crippen molar-refractivity contribution in [1.82, 2.24) is 10.5 Å². The Morgan fingerprint density at radius 2 is 2.00 bits per heavy atom. The molecule has 2 aromatic rings. The number of benzene rings is 1. The molecule has 0 aliphatic rings. The van der Waals surface area contributed by atoms with Crippen molar-refractivity contribution in [3.63, 3.8) is 0 Å². The molecule has 2 rings (SSSR count). The highest BCUT2D eigenvalue weighted by atomic mass is 16.5. The number of hydrogen-bond donors (Lipinski definition) is 1. The lowest BCUT2D eigenvalue weighted by molar-refractivity contribution is -0.143. The van der Waals surface area contributed by atoms with E-state index < -0.39 is 0 Å². The largest absolute Gasteiger partial charge is 0.466 e. The number of rotatable bonds is 7. The summed E-state index contributed by atoms with van der Waals surface area (Å²) < 4.78 is 10.0. The second-order valence-corrected chi connectivity index (χ2v) is 4.99. The minimum absolute atomic E-state index is 0.257. The molecule has 0 saturated carbocycles. The number of nitrogens with one attached hydrogen (secondary N) is 1. The Labute approximate surface area is 134 Å². The van der Waals surface area contributed by atoms with Gasteiger partial charge in [-0.3, -0.25) is 9.59 Å². The number of ether oxygens (including phenoxy) is 1. The van der Waals surface area contributed by atoms with Crippen LogP contribution >= 0.6 is 0 Å². The molecule has 1 aromatic carbocycles. The molecule has 122 valence electrons. The molecule has 1 N–H and O–H groups in total. The maximum Gasteiger partial charge on any atom is 0.305 e. The highest BCUT2D eigenvalue weighted by Gasteiger charge is 2.21. The third-order valence-corrected chi connectivity index (χ3v) is 3.29. The van der Waals surface area contributed by atoms with Crippen LogP contribution in [0.15, 0.2) is 34.9 Å². The number of carbonyl (C=O) groups excluding carboxylic acids is 2. The molecule has 6 nitrogen and oxygen atoms in total. The minimum Gasteiger partial charge on any atom is -0.466 e. The fourth-order valence-corrected chi connectivity index (χ4v) is 2.19. The predicted octanol–water partition coefficient (Wildman–Crippen LogP) is 2.72. The van der Waals surface area contributed by atoms with E-state index in [0.29, 0.717) is 36.6 Å². The molecule has 1 amide bonds. The molecular weight excluding hydrogens is 296 g/mol. The number of nitrogens with zero attached hydrogens (tertiary/aromatic N) is 1. The van der Waals surface area contributed by atoms with E-state index >= 15 is 0 Å². The molecule has 23 heavy (non-hydrogen) atoms. The molecule has 0 aliphatic carbocycles. The van der Waals surface area contributed by atoms with E-state index in [9.17, 15) is 9.59 Å². The Morgan fingerprint density at radius 1 is 1.26 bits per heavy atom. The van der Waals surface area contributed by atoms with Crippen LogP contribution in [0, 0.1) is 6.92 Å². The zero-order chi connectivity index (χ0) is 16.7. The molecule has 1 aromatic heterocycles. The summed E-state index contributed by atoms with van der Waals surface area (Å²) in [5.74, 6) is -0.0499. The Hall–Kier alpha value is -2.63. The van der Waals surface area contributed by atoms with Crippen LogP contribution in [0.25, 0.3) is 11.3 Å². The second kappa shape index (κ2) is 8.12. The summed E-state index contributed by atoms with van der Waals surface area (Å²) in [6.45, 7) is 4.22.